The summed E-state index contributed by atoms with van der Waals surface area (Å²) in [6.07, 6.45) is 0.0421. The van der Waals surface area contributed by atoms with Crippen molar-refractivity contribution in [3.8, 4) is 11.5 Å². The van der Waals surface area contributed by atoms with Gasteiger partial charge >= 0.3 is 5.97 Å². The maximum absolute atomic E-state index is 10.5. The van der Waals surface area contributed by atoms with Gasteiger partial charge in [0.25, 0.3) is 0 Å². The lowest BCUT2D eigenvalue weighted by Crippen LogP contribution is -2.25. The number of rotatable bonds is 5. The fourth-order valence-electron chi connectivity index (χ4n) is 1.58. The van der Waals surface area contributed by atoms with Gasteiger partial charge < -0.3 is 15.3 Å². The number of aromatic hydroxyl groups is 2. The Morgan fingerprint density at radius 1 is 1.41 bits per heavy atom. The van der Waals surface area contributed by atoms with Gasteiger partial charge in [0.1, 0.15) is 11.5 Å². The molecule has 5 heteroatoms. The zero-order chi connectivity index (χ0) is 13.0. The molecular formula is C12H17NO4. The van der Waals surface area contributed by atoms with Crippen molar-refractivity contribution in [3.63, 3.8) is 0 Å². The minimum atomic E-state index is -0.857. The van der Waals surface area contributed by atoms with E-state index in [4.69, 9.17) is 5.11 Å². The van der Waals surface area contributed by atoms with E-state index >= 15 is 0 Å². The van der Waals surface area contributed by atoms with Crippen molar-refractivity contribution < 1.29 is 20.1 Å². The average Bonchev–Trinajstić information content (AvgIpc) is 2.28. The van der Waals surface area contributed by atoms with Crippen LogP contribution in [0, 0.1) is 0 Å². The number of hydrogen-bond acceptors (Lipinski definition) is 4. The number of aliphatic carboxylic acids is 1. The summed E-state index contributed by atoms with van der Waals surface area (Å²) in [5.41, 5.74) is 0.581. The highest BCUT2D eigenvalue weighted by Gasteiger charge is 2.16. The Bertz CT molecular complexity index is 405. The first-order chi connectivity index (χ1) is 7.91. The van der Waals surface area contributed by atoms with E-state index in [-0.39, 0.29) is 24.0 Å². The van der Waals surface area contributed by atoms with E-state index in [0.717, 1.165) is 0 Å². The van der Waals surface area contributed by atoms with E-state index < -0.39 is 5.97 Å². The number of phenols is 2. The Morgan fingerprint density at radius 2 is 2.06 bits per heavy atom. The fourth-order valence-corrected chi connectivity index (χ4v) is 1.58. The Hall–Kier alpha value is -1.75. The van der Waals surface area contributed by atoms with Crippen LogP contribution in [-0.4, -0.2) is 39.8 Å². The largest absolute Gasteiger partial charge is 0.508 e. The van der Waals surface area contributed by atoms with Gasteiger partial charge in [-0.15, -0.1) is 0 Å². The second kappa shape index (κ2) is 5.54. The van der Waals surface area contributed by atoms with Gasteiger partial charge in [0.05, 0.1) is 6.42 Å². The molecule has 0 aliphatic rings. The van der Waals surface area contributed by atoms with E-state index in [1.807, 2.05) is 11.8 Å². The van der Waals surface area contributed by atoms with Crippen molar-refractivity contribution in [1.82, 2.24) is 4.90 Å². The summed E-state index contributed by atoms with van der Waals surface area (Å²) in [4.78, 5) is 12.3. The molecule has 1 atom stereocenters. The third-order valence-electron chi connectivity index (χ3n) is 2.80. The van der Waals surface area contributed by atoms with Crippen LogP contribution in [0.2, 0.25) is 0 Å². The van der Waals surface area contributed by atoms with Gasteiger partial charge in [-0.05, 0) is 32.2 Å². The zero-order valence-corrected chi connectivity index (χ0v) is 9.92. The maximum Gasteiger partial charge on any atom is 0.304 e. The molecule has 1 unspecified atom stereocenters. The lowest BCUT2D eigenvalue weighted by Gasteiger charge is -2.25. The molecule has 17 heavy (non-hydrogen) atoms. The average molecular weight is 239 g/mol. The van der Waals surface area contributed by atoms with E-state index in [0.29, 0.717) is 12.1 Å². The van der Waals surface area contributed by atoms with E-state index in [1.54, 1.807) is 7.05 Å². The molecule has 0 radical (unpaired) electrons. The minimum absolute atomic E-state index is 0.0421. The standard InChI is InChI=1S/C12H17NO4/c1-8(13(2)6-5-12(16)17)10-7-9(14)3-4-11(10)15/h3-4,7-8,14-15H,5-6H2,1-2H3,(H,16,17). The van der Waals surface area contributed by atoms with Gasteiger partial charge in [0, 0.05) is 18.2 Å². The second-order valence-electron chi connectivity index (χ2n) is 4.04. The van der Waals surface area contributed by atoms with Crippen molar-refractivity contribution in [2.75, 3.05) is 13.6 Å². The molecule has 0 amide bonds. The van der Waals surface area contributed by atoms with Gasteiger partial charge in [-0.3, -0.25) is 9.69 Å². The molecule has 0 saturated heterocycles. The molecule has 94 valence electrons. The van der Waals surface area contributed by atoms with E-state index in [1.165, 1.54) is 18.2 Å². The zero-order valence-electron chi connectivity index (χ0n) is 9.92. The van der Waals surface area contributed by atoms with Crippen LogP contribution in [-0.2, 0) is 4.79 Å². The molecule has 0 aliphatic heterocycles. The van der Waals surface area contributed by atoms with E-state index in [2.05, 4.69) is 0 Å². The van der Waals surface area contributed by atoms with Crippen LogP contribution in [0.1, 0.15) is 24.9 Å². The first-order valence-electron chi connectivity index (χ1n) is 5.35. The maximum atomic E-state index is 10.5. The third kappa shape index (κ3) is 3.64. The lowest BCUT2D eigenvalue weighted by atomic mass is 10.1. The molecule has 0 bridgehead atoms. The number of hydrogen-bond donors (Lipinski definition) is 3. The molecule has 1 rings (SSSR count). The number of carboxylic acid groups (broad SMARTS) is 1. The predicted octanol–water partition coefficient (Wildman–Crippen LogP) is 1.57. The summed E-state index contributed by atoms with van der Waals surface area (Å²) in [5.74, 6) is -0.682. The predicted molar refractivity (Wildman–Crippen MR) is 63.1 cm³/mol. The molecule has 3 N–H and O–H groups in total. The SMILES string of the molecule is CC(c1cc(O)ccc1O)N(C)CCC(=O)O. The molecule has 0 aromatic heterocycles. The summed E-state index contributed by atoms with van der Waals surface area (Å²) in [5, 5.41) is 27.6. The number of phenolic OH excluding ortho intramolecular Hbond substituents is 2. The van der Waals surface area contributed by atoms with Gasteiger partial charge in [-0.1, -0.05) is 0 Å². The van der Waals surface area contributed by atoms with Crippen molar-refractivity contribution in [1.29, 1.82) is 0 Å². The molecule has 0 aliphatic carbocycles. The molecule has 1 aromatic carbocycles. The fraction of sp³-hybridized carbons (Fsp3) is 0.417. The summed E-state index contributed by atoms with van der Waals surface area (Å²) in [6.45, 7) is 2.22. The molecule has 0 saturated carbocycles. The second-order valence-corrected chi connectivity index (χ2v) is 4.04. The number of benzene rings is 1. The Morgan fingerprint density at radius 3 is 2.65 bits per heavy atom. The summed E-state index contributed by atoms with van der Waals surface area (Å²) in [7, 11) is 1.77. The van der Waals surface area contributed by atoms with Crippen molar-refractivity contribution >= 4 is 5.97 Å². The van der Waals surface area contributed by atoms with Crippen LogP contribution in [0.5, 0.6) is 11.5 Å². The summed E-state index contributed by atoms with van der Waals surface area (Å²) >= 11 is 0. The summed E-state index contributed by atoms with van der Waals surface area (Å²) < 4.78 is 0. The number of carbonyl (C=O) groups is 1. The quantitative estimate of drug-likeness (QED) is 0.679. The minimum Gasteiger partial charge on any atom is -0.508 e. The highest BCUT2D eigenvalue weighted by molar-refractivity contribution is 5.66. The van der Waals surface area contributed by atoms with Gasteiger partial charge in [-0.25, -0.2) is 0 Å². The lowest BCUT2D eigenvalue weighted by molar-refractivity contribution is -0.137. The number of nitrogens with zero attached hydrogens (tertiary/aromatic N) is 1. The molecule has 1 aromatic rings. The van der Waals surface area contributed by atoms with Crippen LogP contribution in [0.4, 0.5) is 0 Å². The Labute approximate surface area is 99.9 Å². The van der Waals surface area contributed by atoms with Crippen molar-refractivity contribution in [3.05, 3.63) is 23.8 Å². The van der Waals surface area contributed by atoms with E-state index in [9.17, 15) is 15.0 Å². The topological polar surface area (TPSA) is 81.0 Å². The van der Waals surface area contributed by atoms with Gasteiger partial charge in [0.2, 0.25) is 0 Å². The first kappa shape index (κ1) is 13.3. The van der Waals surface area contributed by atoms with Gasteiger partial charge in [-0.2, -0.15) is 0 Å². The summed E-state index contributed by atoms with van der Waals surface area (Å²) in [6, 6.07) is 4.15. The first-order valence-corrected chi connectivity index (χ1v) is 5.35. The molecule has 0 fully saturated rings. The third-order valence-corrected chi connectivity index (χ3v) is 2.80. The van der Waals surface area contributed by atoms with Crippen LogP contribution in [0.15, 0.2) is 18.2 Å². The highest BCUT2D eigenvalue weighted by atomic mass is 16.4. The van der Waals surface area contributed by atoms with Crippen LogP contribution < -0.4 is 0 Å². The smallest absolute Gasteiger partial charge is 0.304 e. The molecule has 5 nitrogen and oxygen atoms in total. The number of carboxylic acids is 1. The normalized spacial score (nSPS) is 12.6. The molecular weight excluding hydrogens is 222 g/mol. The van der Waals surface area contributed by atoms with Crippen LogP contribution in [0.25, 0.3) is 0 Å². The molecule has 0 heterocycles. The van der Waals surface area contributed by atoms with Crippen LogP contribution in [0.3, 0.4) is 0 Å². The van der Waals surface area contributed by atoms with Crippen molar-refractivity contribution in [2.45, 2.75) is 19.4 Å². The Kier molecular flexibility index (Phi) is 4.34. The van der Waals surface area contributed by atoms with Crippen molar-refractivity contribution in [2.24, 2.45) is 0 Å². The van der Waals surface area contributed by atoms with Crippen LogP contribution >= 0.6 is 0 Å². The monoisotopic (exact) mass is 239 g/mol. The molecule has 0 spiro atoms. The van der Waals surface area contributed by atoms with Gasteiger partial charge in [0.15, 0.2) is 0 Å². The Balaban J connectivity index is 2.77. The highest BCUT2D eigenvalue weighted by Crippen LogP contribution is 2.30.